The lowest BCUT2D eigenvalue weighted by molar-refractivity contribution is -0.145. The second kappa shape index (κ2) is 8.05. The number of nitrogens with one attached hydrogen (secondary N) is 1. The molecule has 0 bridgehead atoms. The molecule has 0 unspecified atom stereocenters. The third-order valence-electron chi connectivity index (χ3n) is 5.02. The zero-order valence-corrected chi connectivity index (χ0v) is 15.0. The van der Waals surface area contributed by atoms with Gasteiger partial charge in [0.15, 0.2) is 0 Å². The van der Waals surface area contributed by atoms with E-state index in [2.05, 4.69) is 17.5 Å². The Labute approximate surface area is 148 Å². The molecule has 0 aliphatic carbocycles. The maximum atomic E-state index is 12.8. The van der Waals surface area contributed by atoms with Crippen LogP contribution >= 0.6 is 12.8 Å². The minimum atomic E-state index is -1.11. The van der Waals surface area contributed by atoms with E-state index in [0.29, 0.717) is 19.5 Å². The van der Waals surface area contributed by atoms with Crippen molar-refractivity contribution in [1.82, 2.24) is 9.62 Å². The number of hydrogen-bond donors (Lipinski definition) is 4. The largest absolute Gasteiger partial charge is 0.527 e. The molecule has 24 heavy (non-hydrogen) atoms. The van der Waals surface area contributed by atoms with Crippen molar-refractivity contribution in [3.05, 3.63) is 0 Å². The van der Waals surface area contributed by atoms with Crippen LogP contribution in [0.2, 0.25) is 6.32 Å². The van der Waals surface area contributed by atoms with E-state index >= 15 is 0 Å². The van der Waals surface area contributed by atoms with Gasteiger partial charge in [-0.1, -0.05) is 26.2 Å². The zero-order valence-electron chi connectivity index (χ0n) is 14.1. The van der Waals surface area contributed by atoms with Crippen LogP contribution in [0.1, 0.15) is 20.3 Å². The summed E-state index contributed by atoms with van der Waals surface area (Å²) >= 11 is 4.17. The van der Waals surface area contributed by atoms with Crippen LogP contribution in [0, 0.1) is 11.8 Å². The first-order valence-electron chi connectivity index (χ1n) is 8.28. The van der Waals surface area contributed by atoms with E-state index in [4.69, 9.17) is 20.1 Å². The van der Waals surface area contributed by atoms with Gasteiger partial charge in [-0.3, -0.25) is 9.59 Å². The predicted molar refractivity (Wildman–Crippen MR) is 92.0 cm³/mol. The number of carbonyl (C=O) groups excluding carboxylic acids is 2. The first kappa shape index (κ1) is 19.5. The van der Waals surface area contributed by atoms with Crippen molar-refractivity contribution < 1.29 is 24.0 Å². The van der Waals surface area contributed by atoms with Crippen LogP contribution in [0.4, 0.5) is 0 Å². The van der Waals surface area contributed by atoms with Crippen LogP contribution in [-0.2, 0) is 18.9 Å². The fraction of sp³-hybridized carbons (Fsp3) is 0.857. The Morgan fingerprint density at radius 3 is 3.00 bits per heavy atom. The summed E-state index contributed by atoms with van der Waals surface area (Å²) in [6.07, 6.45) is 1.41. The number of nitrogens with zero attached hydrogens (tertiary/aromatic N) is 1. The monoisotopic (exact) mass is 359 g/mol. The molecule has 2 rings (SSSR count). The first-order chi connectivity index (χ1) is 11.4. The number of likely N-dealkylation sites (tertiary alicyclic amines) is 1. The summed E-state index contributed by atoms with van der Waals surface area (Å²) in [7, 11) is -0.589. The van der Waals surface area contributed by atoms with Crippen molar-refractivity contribution in [1.29, 1.82) is 0 Å². The predicted octanol–water partition coefficient (Wildman–Crippen LogP) is -0.955. The van der Waals surface area contributed by atoms with Crippen LogP contribution in [-0.4, -0.2) is 66.9 Å². The minimum absolute atomic E-state index is 0.107. The van der Waals surface area contributed by atoms with Crippen LogP contribution in [0.3, 0.4) is 0 Å². The van der Waals surface area contributed by atoms with E-state index in [1.54, 1.807) is 0 Å². The summed E-state index contributed by atoms with van der Waals surface area (Å²) in [4.78, 5) is 26.7. The number of carbonyl (C=O) groups is 2. The Bertz CT molecular complexity index is 485. The van der Waals surface area contributed by atoms with Gasteiger partial charge in [0.25, 0.3) is 0 Å². The van der Waals surface area contributed by atoms with Crippen molar-refractivity contribution >= 4 is 31.8 Å². The zero-order chi connectivity index (χ0) is 17.9. The number of hydrogen-bond acceptors (Lipinski definition) is 8. The molecule has 1 amide bonds. The number of amides is 1. The molecule has 4 N–H and O–H groups in total. The Hall–Kier alpha value is -0.805. The SMILES string of the molecule is CCOB1CC[C@@H](C)[C@H]2CN(C(=O)[C@@H](N)CO)C[C@@]2(NS)C(=O)O1. The topological polar surface area (TPSA) is 114 Å². The van der Waals surface area contributed by atoms with E-state index in [0.717, 1.165) is 6.42 Å². The molecule has 0 aromatic carbocycles. The molecule has 2 aliphatic rings. The Morgan fingerprint density at radius 2 is 2.42 bits per heavy atom. The molecule has 2 heterocycles. The Balaban J connectivity index is 2.27. The maximum absolute atomic E-state index is 12.8. The molecule has 0 saturated carbocycles. The molecule has 136 valence electrons. The molecule has 0 aromatic heterocycles. The van der Waals surface area contributed by atoms with Crippen molar-refractivity contribution in [2.24, 2.45) is 17.6 Å². The molecular weight excluding hydrogens is 333 g/mol. The molecule has 2 aliphatic heterocycles. The summed E-state index contributed by atoms with van der Waals surface area (Å²) in [5, 5.41) is 9.12. The van der Waals surface area contributed by atoms with Crippen molar-refractivity contribution in [3.8, 4) is 0 Å². The van der Waals surface area contributed by atoms with E-state index < -0.39 is 31.3 Å². The van der Waals surface area contributed by atoms with Gasteiger partial charge in [0.05, 0.1) is 13.2 Å². The van der Waals surface area contributed by atoms with Crippen LogP contribution in [0.25, 0.3) is 0 Å². The summed E-state index contributed by atoms with van der Waals surface area (Å²) in [6, 6.07) is -0.992. The highest BCUT2D eigenvalue weighted by atomic mass is 32.1. The number of rotatable bonds is 5. The van der Waals surface area contributed by atoms with E-state index in [-0.39, 0.29) is 24.3 Å². The quantitative estimate of drug-likeness (QED) is 0.369. The summed E-state index contributed by atoms with van der Waals surface area (Å²) < 4.78 is 13.8. The smallest absolute Gasteiger partial charge is 0.508 e. The fourth-order valence-electron chi connectivity index (χ4n) is 3.59. The second-order valence-corrected chi connectivity index (χ2v) is 6.77. The highest BCUT2D eigenvalue weighted by Gasteiger charge is 2.57. The van der Waals surface area contributed by atoms with Crippen LogP contribution in [0.15, 0.2) is 0 Å². The first-order valence-corrected chi connectivity index (χ1v) is 8.73. The number of aliphatic hydroxyl groups excluding tert-OH is 1. The minimum Gasteiger partial charge on any atom is -0.508 e. The van der Waals surface area contributed by atoms with Gasteiger partial charge >= 0.3 is 13.1 Å². The number of nitrogens with two attached hydrogens (primary N) is 1. The fourth-order valence-corrected chi connectivity index (χ4v) is 3.92. The summed E-state index contributed by atoms with van der Waals surface area (Å²) in [5.74, 6) is -0.850. The molecular formula is C14H26BN3O5S. The molecule has 0 radical (unpaired) electrons. The van der Waals surface area contributed by atoms with Gasteiger partial charge < -0.3 is 25.0 Å². The molecule has 2 saturated heterocycles. The molecule has 4 atom stereocenters. The summed E-state index contributed by atoms with van der Waals surface area (Å²) in [6.45, 7) is 4.38. The number of thiol groups is 1. The van der Waals surface area contributed by atoms with E-state index in [1.165, 1.54) is 4.90 Å². The molecule has 0 aromatic rings. The molecule has 2 fully saturated rings. The van der Waals surface area contributed by atoms with Crippen molar-refractivity contribution in [2.45, 2.75) is 38.2 Å². The molecule has 0 spiro atoms. The number of fused-ring (bicyclic) bond motifs is 1. The van der Waals surface area contributed by atoms with E-state index in [1.807, 2.05) is 13.8 Å². The average Bonchev–Trinajstić information content (AvgIpc) is 2.98. The maximum Gasteiger partial charge on any atom is 0.527 e. The lowest BCUT2D eigenvalue weighted by atomic mass is 9.70. The van der Waals surface area contributed by atoms with E-state index in [9.17, 15) is 9.59 Å². The normalized spacial score (nSPS) is 32.0. The lowest BCUT2D eigenvalue weighted by Gasteiger charge is -2.37. The van der Waals surface area contributed by atoms with Gasteiger partial charge in [-0.2, -0.15) is 0 Å². The highest BCUT2D eigenvalue weighted by Crippen LogP contribution is 2.39. The van der Waals surface area contributed by atoms with Gasteiger partial charge in [0, 0.05) is 19.1 Å². The number of aliphatic hydroxyl groups is 1. The average molecular weight is 359 g/mol. The molecule has 8 nitrogen and oxygen atoms in total. The third-order valence-corrected chi connectivity index (χ3v) is 5.41. The summed E-state index contributed by atoms with van der Waals surface area (Å²) in [5.41, 5.74) is 4.54. The van der Waals surface area contributed by atoms with Gasteiger partial charge in [0.1, 0.15) is 11.6 Å². The third kappa shape index (κ3) is 3.57. The Morgan fingerprint density at radius 1 is 1.71 bits per heavy atom. The molecule has 10 heteroatoms. The standard InChI is InChI=1S/C14H26BN3O5S/c1-3-22-15-5-4-9(2)10-6-18(12(20)11(16)7-19)8-14(10,17-24)13(21)23-15/h9-11,17,19,24H,3-8,16H2,1-2H3/t9-,10-,11+,14+/m1/s1. The van der Waals surface area contributed by atoms with Crippen LogP contribution in [0.5, 0.6) is 0 Å². The van der Waals surface area contributed by atoms with Gasteiger partial charge in [0.2, 0.25) is 5.91 Å². The Kier molecular flexibility index (Phi) is 6.55. The van der Waals surface area contributed by atoms with Gasteiger partial charge in [-0.15, -0.1) is 0 Å². The van der Waals surface area contributed by atoms with Crippen molar-refractivity contribution in [2.75, 3.05) is 26.3 Å². The second-order valence-electron chi connectivity index (χ2n) is 6.54. The highest BCUT2D eigenvalue weighted by molar-refractivity contribution is 7.78. The van der Waals surface area contributed by atoms with Crippen molar-refractivity contribution in [3.63, 3.8) is 0 Å². The lowest BCUT2D eigenvalue weighted by Crippen LogP contribution is -2.59. The van der Waals surface area contributed by atoms with Gasteiger partial charge in [-0.05, 0) is 19.2 Å². The van der Waals surface area contributed by atoms with Gasteiger partial charge in [-0.25, -0.2) is 4.72 Å². The van der Waals surface area contributed by atoms with Crippen LogP contribution < -0.4 is 10.5 Å².